The molecule has 1 aromatic carbocycles. The molecule has 4 N–H and O–H groups in total. The van der Waals surface area contributed by atoms with Crippen LogP contribution in [0.4, 0.5) is 11.5 Å². The van der Waals surface area contributed by atoms with Gasteiger partial charge in [0, 0.05) is 5.92 Å². The predicted molar refractivity (Wildman–Crippen MR) is 130 cm³/mol. The number of hydroxylamine groups is 1. The highest BCUT2D eigenvalue weighted by Crippen LogP contribution is 2.43. The van der Waals surface area contributed by atoms with E-state index in [1.165, 1.54) is 18.5 Å². The Kier molecular flexibility index (Phi) is 6.91. The van der Waals surface area contributed by atoms with E-state index >= 15 is 0 Å². The number of para-hydroxylation sites is 1. The van der Waals surface area contributed by atoms with Gasteiger partial charge < -0.3 is 14.8 Å². The van der Waals surface area contributed by atoms with Crippen molar-refractivity contribution in [3.63, 3.8) is 0 Å². The Labute approximate surface area is 202 Å². The highest BCUT2D eigenvalue weighted by atomic mass is 31.2. The number of benzene rings is 1. The van der Waals surface area contributed by atoms with Gasteiger partial charge in [0.05, 0.1) is 31.8 Å². The molecule has 2 aromatic heterocycles. The van der Waals surface area contributed by atoms with Crippen LogP contribution in [0.1, 0.15) is 26.3 Å². The Hall–Kier alpha value is -3.31. The number of nitrogens with two attached hydrogens (primary N) is 2. The largest absolute Gasteiger partial charge is 0.458 e. The molecule has 0 aliphatic heterocycles. The minimum Gasteiger partial charge on any atom is -0.382 e. The van der Waals surface area contributed by atoms with Crippen molar-refractivity contribution in [1.29, 1.82) is 0 Å². The molecule has 186 valence electrons. The van der Waals surface area contributed by atoms with E-state index in [9.17, 15) is 9.36 Å². The number of allylic oxidation sites excluding steroid dienone is 1. The lowest BCUT2D eigenvalue weighted by Crippen LogP contribution is -2.50. The standard InChI is InChI=1S/C22H28N7O5P/c1-22(2,29(32-3)16-7-5-4-6-8-16)21(30)34-35(24,31)33-12-15-9-10-17(11-15)28-14-27-18-19(23)25-13-26-20(18)28/h4-10,13-15,17H,11-12H2,1-3H3,(H2,24,31)(H2,23,25,26)/t15-,17+,35?/m0/s1. The molecule has 1 unspecified atom stereocenters. The average molecular weight is 501 g/mol. The van der Waals surface area contributed by atoms with E-state index in [4.69, 9.17) is 25.1 Å². The van der Waals surface area contributed by atoms with Crippen molar-refractivity contribution in [3.8, 4) is 0 Å². The van der Waals surface area contributed by atoms with E-state index in [1.807, 2.05) is 22.8 Å². The third kappa shape index (κ3) is 5.20. The molecule has 1 aliphatic rings. The van der Waals surface area contributed by atoms with E-state index < -0.39 is 19.3 Å². The summed E-state index contributed by atoms with van der Waals surface area (Å²) in [5.41, 5.74) is 12.0. The monoisotopic (exact) mass is 501 g/mol. The lowest BCUT2D eigenvalue weighted by atomic mass is 10.1. The molecule has 12 nitrogen and oxygen atoms in total. The zero-order chi connectivity index (χ0) is 25.2. The molecular weight excluding hydrogens is 473 g/mol. The van der Waals surface area contributed by atoms with Crippen LogP contribution in [-0.2, 0) is 23.2 Å². The van der Waals surface area contributed by atoms with Crippen LogP contribution in [0.15, 0.2) is 55.1 Å². The summed E-state index contributed by atoms with van der Waals surface area (Å²) in [6, 6.07) is 8.92. The maximum absolute atomic E-state index is 12.9. The first-order valence-electron chi connectivity index (χ1n) is 10.9. The van der Waals surface area contributed by atoms with Gasteiger partial charge in [-0.3, -0.25) is 9.36 Å². The molecule has 0 spiro atoms. The molecule has 3 aromatic rings. The molecule has 35 heavy (non-hydrogen) atoms. The lowest BCUT2D eigenvalue weighted by molar-refractivity contribution is -0.143. The van der Waals surface area contributed by atoms with Gasteiger partial charge in [0.15, 0.2) is 17.0 Å². The first kappa shape index (κ1) is 24.8. The van der Waals surface area contributed by atoms with Gasteiger partial charge in [-0.1, -0.05) is 30.4 Å². The number of rotatable bonds is 9. The van der Waals surface area contributed by atoms with Crippen LogP contribution in [0, 0.1) is 5.92 Å². The van der Waals surface area contributed by atoms with Gasteiger partial charge in [0.2, 0.25) is 0 Å². The van der Waals surface area contributed by atoms with Crippen molar-refractivity contribution in [1.82, 2.24) is 19.5 Å². The molecule has 13 heteroatoms. The Bertz CT molecular complexity index is 1280. The van der Waals surface area contributed by atoms with Gasteiger partial charge in [-0.2, -0.15) is 0 Å². The third-order valence-corrected chi connectivity index (χ3v) is 6.68. The minimum atomic E-state index is -4.19. The zero-order valence-corrected chi connectivity index (χ0v) is 20.5. The Morgan fingerprint density at radius 3 is 2.69 bits per heavy atom. The number of carbonyl (C=O) groups excluding carboxylic acids is 1. The zero-order valence-electron chi connectivity index (χ0n) is 19.6. The first-order valence-corrected chi connectivity index (χ1v) is 12.5. The van der Waals surface area contributed by atoms with Crippen LogP contribution >= 0.6 is 7.75 Å². The Morgan fingerprint density at radius 2 is 1.97 bits per heavy atom. The fourth-order valence-electron chi connectivity index (χ4n) is 3.95. The van der Waals surface area contributed by atoms with Crippen LogP contribution in [0.5, 0.6) is 0 Å². The van der Waals surface area contributed by atoms with Crippen molar-refractivity contribution in [2.75, 3.05) is 24.5 Å². The summed E-state index contributed by atoms with van der Waals surface area (Å²) in [6.07, 6.45) is 7.56. The van der Waals surface area contributed by atoms with E-state index in [-0.39, 0.29) is 18.6 Å². The number of aromatic nitrogens is 4. The molecule has 2 heterocycles. The van der Waals surface area contributed by atoms with E-state index in [2.05, 4.69) is 15.0 Å². The minimum absolute atomic E-state index is 0.00488. The summed E-state index contributed by atoms with van der Waals surface area (Å²) in [4.78, 5) is 30.8. The number of carbonyl (C=O) groups is 1. The van der Waals surface area contributed by atoms with E-state index in [1.54, 1.807) is 44.4 Å². The van der Waals surface area contributed by atoms with Crippen LogP contribution < -0.4 is 16.3 Å². The second-order valence-electron chi connectivity index (χ2n) is 8.62. The SMILES string of the molecule is CON(c1ccccc1)C(C)(C)C(=O)OP(N)(=O)OC[C@H]1C=C[C@@H](n2cnc3c(N)ncnc32)C1. The summed E-state index contributed by atoms with van der Waals surface area (Å²) in [5, 5.41) is 1.35. The number of nitrogens with zero attached hydrogens (tertiary/aromatic N) is 5. The summed E-state index contributed by atoms with van der Waals surface area (Å²) < 4.78 is 25.2. The normalized spacial score (nSPS) is 19.5. The molecule has 0 amide bonds. The Balaban J connectivity index is 1.36. The fourth-order valence-corrected chi connectivity index (χ4v) is 4.86. The summed E-state index contributed by atoms with van der Waals surface area (Å²) in [5.74, 6) is -0.653. The molecular formula is C22H28N7O5P. The highest BCUT2D eigenvalue weighted by molar-refractivity contribution is 7.51. The second kappa shape index (κ2) is 9.74. The smallest absolute Gasteiger partial charge is 0.382 e. The number of hydrogen-bond donors (Lipinski definition) is 2. The highest BCUT2D eigenvalue weighted by Gasteiger charge is 2.41. The number of imidazole rings is 1. The average Bonchev–Trinajstić information content (AvgIpc) is 3.46. The van der Waals surface area contributed by atoms with Gasteiger partial charge in [0.1, 0.15) is 11.8 Å². The maximum Gasteiger partial charge on any atom is 0.458 e. The quantitative estimate of drug-likeness (QED) is 0.252. The first-order chi connectivity index (χ1) is 16.6. The van der Waals surface area contributed by atoms with Crippen molar-refractivity contribution < 1.29 is 23.2 Å². The lowest BCUT2D eigenvalue weighted by Gasteiger charge is -2.36. The molecule has 4 rings (SSSR count). The molecule has 0 radical (unpaired) electrons. The van der Waals surface area contributed by atoms with Crippen LogP contribution in [0.2, 0.25) is 0 Å². The van der Waals surface area contributed by atoms with Crippen molar-refractivity contribution >= 4 is 36.4 Å². The maximum atomic E-state index is 12.9. The van der Waals surface area contributed by atoms with Crippen molar-refractivity contribution in [2.24, 2.45) is 11.4 Å². The number of hydrogen-bond acceptors (Lipinski definition) is 10. The van der Waals surface area contributed by atoms with Crippen LogP contribution in [-0.4, -0.2) is 44.7 Å². The van der Waals surface area contributed by atoms with Gasteiger partial charge in [-0.05, 0) is 32.4 Å². The van der Waals surface area contributed by atoms with Gasteiger partial charge >= 0.3 is 13.7 Å². The molecule has 0 bridgehead atoms. The van der Waals surface area contributed by atoms with Gasteiger partial charge in [-0.15, -0.1) is 0 Å². The van der Waals surface area contributed by atoms with Crippen LogP contribution in [0.3, 0.4) is 0 Å². The topological polar surface area (TPSA) is 161 Å². The molecule has 0 fully saturated rings. The predicted octanol–water partition coefficient (Wildman–Crippen LogP) is 3.00. The number of fused-ring (bicyclic) bond motifs is 1. The number of anilines is 2. The van der Waals surface area contributed by atoms with Crippen LogP contribution in [0.25, 0.3) is 11.2 Å². The van der Waals surface area contributed by atoms with Crippen molar-refractivity contribution in [2.45, 2.75) is 31.8 Å². The van der Waals surface area contributed by atoms with Gasteiger partial charge in [0.25, 0.3) is 0 Å². The molecule has 0 saturated carbocycles. The number of nitrogen functional groups attached to an aromatic ring is 1. The van der Waals surface area contributed by atoms with E-state index in [0.29, 0.717) is 29.1 Å². The fraction of sp³-hybridized carbons (Fsp3) is 0.364. The van der Waals surface area contributed by atoms with E-state index in [0.717, 1.165) is 0 Å². The summed E-state index contributed by atoms with van der Waals surface area (Å²) in [6.45, 7) is 3.15. The second-order valence-corrected chi connectivity index (χ2v) is 10.1. The summed E-state index contributed by atoms with van der Waals surface area (Å²) in [7, 11) is -2.76. The molecule has 0 saturated heterocycles. The Morgan fingerprint density at radius 1 is 1.23 bits per heavy atom. The third-order valence-electron chi connectivity index (χ3n) is 5.75. The van der Waals surface area contributed by atoms with Crippen molar-refractivity contribution in [3.05, 3.63) is 55.1 Å². The summed E-state index contributed by atoms with van der Waals surface area (Å²) >= 11 is 0. The van der Waals surface area contributed by atoms with Gasteiger partial charge in [-0.25, -0.2) is 34.9 Å². The molecule has 1 aliphatic carbocycles. The molecule has 3 atom stereocenters.